The Labute approximate surface area is 135 Å². The molecule has 1 aliphatic rings. The highest BCUT2D eigenvalue weighted by Gasteiger charge is 2.16. The summed E-state index contributed by atoms with van der Waals surface area (Å²) in [5.41, 5.74) is 10.0. The maximum Gasteiger partial charge on any atom is 0.257 e. The van der Waals surface area contributed by atoms with Crippen LogP contribution in [-0.4, -0.2) is 37.2 Å². The molecule has 2 heterocycles. The van der Waals surface area contributed by atoms with Crippen LogP contribution in [0.2, 0.25) is 0 Å². The molecule has 1 aliphatic heterocycles. The van der Waals surface area contributed by atoms with Gasteiger partial charge in [0.15, 0.2) is 0 Å². The van der Waals surface area contributed by atoms with E-state index in [2.05, 4.69) is 15.2 Å². The molecule has 0 aliphatic carbocycles. The number of pyridine rings is 1. The van der Waals surface area contributed by atoms with E-state index in [1.165, 1.54) is 0 Å². The van der Waals surface area contributed by atoms with Gasteiger partial charge >= 0.3 is 0 Å². The highest BCUT2D eigenvalue weighted by atomic mass is 16.5. The summed E-state index contributed by atoms with van der Waals surface area (Å²) in [7, 11) is 0. The smallest absolute Gasteiger partial charge is 0.257 e. The third-order valence-electron chi connectivity index (χ3n) is 3.90. The molecule has 6 heteroatoms. The Morgan fingerprint density at radius 2 is 2.13 bits per heavy atom. The Balaban J connectivity index is 1.85. The Morgan fingerprint density at radius 1 is 1.35 bits per heavy atom. The molecule has 1 aromatic carbocycles. The van der Waals surface area contributed by atoms with Gasteiger partial charge in [0, 0.05) is 31.2 Å². The monoisotopic (exact) mass is 312 g/mol. The Morgan fingerprint density at radius 3 is 2.83 bits per heavy atom. The van der Waals surface area contributed by atoms with Crippen LogP contribution in [0.15, 0.2) is 36.7 Å². The van der Waals surface area contributed by atoms with Crippen molar-refractivity contribution in [1.82, 2.24) is 4.98 Å². The number of benzene rings is 1. The van der Waals surface area contributed by atoms with E-state index >= 15 is 0 Å². The Bertz CT molecular complexity index is 697. The number of aryl methyl sites for hydroxylation is 1. The zero-order valence-electron chi connectivity index (χ0n) is 13.1. The van der Waals surface area contributed by atoms with Crippen molar-refractivity contribution in [3.05, 3.63) is 47.8 Å². The zero-order valence-corrected chi connectivity index (χ0v) is 13.1. The standard InChI is InChI=1S/C17H20N4O2/c1-12-9-14(18)16(21-5-7-23-8-6-21)10-15(12)20-17(22)13-3-2-4-19-11-13/h2-4,9-11H,5-8,18H2,1H3,(H,20,22). The van der Waals surface area contributed by atoms with Gasteiger partial charge < -0.3 is 20.7 Å². The second kappa shape index (κ2) is 6.66. The minimum absolute atomic E-state index is 0.182. The number of nitrogens with two attached hydrogens (primary N) is 1. The number of nitrogen functional groups attached to an aromatic ring is 1. The molecule has 23 heavy (non-hydrogen) atoms. The number of morpholine rings is 1. The summed E-state index contributed by atoms with van der Waals surface area (Å²) in [5, 5.41) is 2.94. The van der Waals surface area contributed by atoms with Gasteiger partial charge in [0.25, 0.3) is 5.91 Å². The molecule has 120 valence electrons. The predicted octanol–water partition coefficient (Wildman–Crippen LogP) is 2.06. The maximum atomic E-state index is 12.3. The van der Waals surface area contributed by atoms with Crippen molar-refractivity contribution in [1.29, 1.82) is 0 Å². The van der Waals surface area contributed by atoms with Gasteiger partial charge in [-0.15, -0.1) is 0 Å². The molecule has 1 amide bonds. The molecule has 0 unspecified atom stereocenters. The molecule has 3 rings (SSSR count). The lowest BCUT2D eigenvalue weighted by Crippen LogP contribution is -2.36. The van der Waals surface area contributed by atoms with Crippen LogP contribution in [-0.2, 0) is 4.74 Å². The van der Waals surface area contributed by atoms with Gasteiger partial charge in [0.1, 0.15) is 0 Å². The van der Waals surface area contributed by atoms with Gasteiger partial charge in [-0.2, -0.15) is 0 Å². The summed E-state index contributed by atoms with van der Waals surface area (Å²) in [6.45, 7) is 4.89. The van der Waals surface area contributed by atoms with Crippen LogP contribution in [0.1, 0.15) is 15.9 Å². The SMILES string of the molecule is Cc1cc(N)c(N2CCOCC2)cc1NC(=O)c1cccnc1. The van der Waals surface area contributed by atoms with E-state index in [0.29, 0.717) is 24.5 Å². The molecule has 0 spiro atoms. The number of nitrogens with one attached hydrogen (secondary N) is 1. The minimum atomic E-state index is -0.182. The van der Waals surface area contributed by atoms with Crippen molar-refractivity contribution in [2.45, 2.75) is 6.92 Å². The van der Waals surface area contributed by atoms with Crippen molar-refractivity contribution < 1.29 is 9.53 Å². The summed E-state index contributed by atoms with van der Waals surface area (Å²) in [5.74, 6) is -0.182. The van der Waals surface area contributed by atoms with Gasteiger partial charge in [0.05, 0.1) is 30.2 Å². The molecule has 6 nitrogen and oxygen atoms in total. The first-order valence-electron chi connectivity index (χ1n) is 7.59. The lowest BCUT2D eigenvalue weighted by Gasteiger charge is -2.30. The van der Waals surface area contributed by atoms with E-state index in [1.807, 2.05) is 19.1 Å². The lowest BCUT2D eigenvalue weighted by molar-refractivity contribution is 0.102. The van der Waals surface area contributed by atoms with Crippen molar-refractivity contribution in [3.63, 3.8) is 0 Å². The fourth-order valence-corrected chi connectivity index (χ4v) is 2.62. The normalized spacial score (nSPS) is 14.6. The van der Waals surface area contributed by atoms with Crippen molar-refractivity contribution >= 4 is 23.0 Å². The molecule has 0 saturated carbocycles. The third-order valence-corrected chi connectivity index (χ3v) is 3.90. The van der Waals surface area contributed by atoms with Crippen molar-refractivity contribution in [2.24, 2.45) is 0 Å². The number of anilines is 3. The molecule has 1 aromatic heterocycles. The molecular weight excluding hydrogens is 292 g/mol. The Kier molecular flexibility index (Phi) is 4.43. The molecule has 0 bridgehead atoms. The van der Waals surface area contributed by atoms with Crippen LogP contribution < -0.4 is 16.0 Å². The van der Waals surface area contributed by atoms with E-state index in [1.54, 1.807) is 24.5 Å². The van der Waals surface area contributed by atoms with Crippen LogP contribution in [0.4, 0.5) is 17.1 Å². The summed E-state index contributed by atoms with van der Waals surface area (Å²) in [6, 6.07) is 7.30. The van der Waals surface area contributed by atoms with Gasteiger partial charge in [0.2, 0.25) is 0 Å². The van der Waals surface area contributed by atoms with E-state index in [0.717, 1.165) is 30.0 Å². The molecule has 1 saturated heterocycles. The number of ether oxygens (including phenoxy) is 1. The number of carbonyl (C=O) groups is 1. The quantitative estimate of drug-likeness (QED) is 0.848. The highest BCUT2D eigenvalue weighted by molar-refractivity contribution is 6.05. The second-order valence-electron chi connectivity index (χ2n) is 5.52. The molecule has 0 radical (unpaired) electrons. The molecule has 2 aromatic rings. The van der Waals surface area contributed by atoms with Gasteiger partial charge in [-0.05, 0) is 36.8 Å². The van der Waals surface area contributed by atoms with Crippen molar-refractivity contribution in [3.8, 4) is 0 Å². The summed E-state index contributed by atoms with van der Waals surface area (Å²) in [6.07, 6.45) is 3.19. The first-order chi connectivity index (χ1) is 11.1. The average molecular weight is 312 g/mol. The highest BCUT2D eigenvalue weighted by Crippen LogP contribution is 2.31. The minimum Gasteiger partial charge on any atom is -0.397 e. The van der Waals surface area contributed by atoms with E-state index < -0.39 is 0 Å². The predicted molar refractivity (Wildman–Crippen MR) is 90.8 cm³/mol. The number of carbonyl (C=O) groups excluding carboxylic acids is 1. The topological polar surface area (TPSA) is 80.5 Å². The number of rotatable bonds is 3. The Hall–Kier alpha value is -2.60. The van der Waals surface area contributed by atoms with Crippen LogP contribution in [0, 0.1) is 6.92 Å². The number of hydrogen-bond acceptors (Lipinski definition) is 5. The molecule has 3 N–H and O–H groups in total. The molecule has 0 atom stereocenters. The molecule has 1 fully saturated rings. The molecular formula is C17H20N4O2. The fourth-order valence-electron chi connectivity index (χ4n) is 2.62. The first kappa shape index (κ1) is 15.3. The fraction of sp³-hybridized carbons (Fsp3) is 0.294. The van der Waals surface area contributed by atoms with Gasteiger partial charge in [-0.1, -0.05) is 0 Å². The summed E-state index contributed by atoms with van der Waals surface area (Å²) >= 11 is 0. The first-order valence-corrected chi connectivity index (χ1v) is 7.59. The second-order valence-corrected chi connectivity index (χ2v) is 5.52. The number of nitrogens with zero attached hydrogens (tertiary/aromatic N) is 2. The lowest BCUT2D eigenvalue weighted by atomic mass is 10.1. The van der Waals surface area contributed by atoms with Crippen LogP contribution in [0.5, 0.6) is 0 Å². The third kappa shape index (κ3) is 3.43. The van der Waals surface area contributed by atoms with Crippen molar-refractivity contribution in [2.75, 3.05) is 42.3 Å². The average Bonchev–Trinajstić information content (AvgIpc) is 2.59. The van der Waals surface area contributed by atoms with E-state index in [9.17, 15) is 4.79 Å². The number of hydrogen-bond donors (Lipinski definition) is 2. The van der Waals surface area contributed by atoms with Crippen LogP contribution in [0.25, 0.3) is 0 Å². The van der Waals surface area contributed by atoms with Crippen LogP contribution >= 0.6 is 0 Å². The van der Waals surface area contributed by atoms with Gasteiger partial charge in [-0.3, -0.25) is 9.78 Å². The van der Waals surface area contributed by atoms with E-state index in [4.69, 9.17) is 10.5 Å². The van der Waals surface area contributed by atoms with E-state index in [-0.39, 0.29) is 5.91 Å². The number of aromatic nitrogens is 1. The van der Waals surface area contributed by atoms with Crippen LogP contribution in [0.3, 0.4) is 0 Å². The zero-order chi connectivity index (χ0) is 16.2. The largest absolute Gasteiger partial charge is 0.397 e. The maximum absolute atomic E-state index is 12.3. The number of amides is 1. The van der Waals surface area contributed by atoms with Gasteiger partial charge in [-0.25, -0.2) is 0 Å². The summed E-state index contributed by atoms with van der Waals surface area (Å²) < 4.78 is 5.38. The summed E-state index contributed by atoms with van der Waals surface area (Å²) in [4.78, 5) is 18.5.